The second-order valence-corrected chi connectivity index (χ2v) is 9.66. The largest absolute Gasteiger partial charge is 0.494 e. The Bertz CT molecular complexity index is 1030. The van der Waals surface area contributed by atoms with E-state index in [1.54, 1.807) is 0 Å². The number of hydrogen-bond acceptors (Lipinski definition) is 5. The molecule has 2 aromatic carbocycles. The Morgan fingerprint density at radius 2 is 1.56 bits per heavy atom. The van der Waals surface area contributed by atoms with Gasteiger partial charge in [-0.05, 0) is 55.3 Å². The molecule has 1 heterocycles. The molecular formula is C17H19FN2O5S2. The standard InChI is InChI=1S/C17H19FN2O5S2/c1-25-17-9-8-15(12-16(17)18)26(21,22)19-13-4-6-14(7-5-13)27(23,24)20-10-2-3-11-20/h4-9,12,19H,2-3,10-11H2,1H3. The van der Waals surface area contributed by atoms with Crippen LogP contribution < -0.4 is 9.46 Å². The topological polar surface area (TPSA) is 92.8 Å². The van der Waals surface area contributed by atoms with Crippen LogP contribution in [-0.2, 0) is 20.0 Å². The summed E-state index contributed by atoms with van der Waals surface area (Å²) in [5, 5.41) is 0. The lowest BCUT2D eigenvalue weighted by Gasteiger charge is -2.16. The van der Waals surface area contributed by atoms with Crippen molar-refractivity contribution in [3.8, 4) is 5.75 Å². The third-order valence-corrected chi connectivity index (χ3v) is 7.53. The highest BCUT2D eigenvalue weighted by molar-refractivity contribution is 7.92. The zero-order valence-electron chi connectivity index (χ0n) is 14.6. The van der Waals surface area contributed by atoms with E-state index in [9.17, 15) is 21.2 Å². The van der Waals surface area contributed by atoms with Crippen molar-refractivity contribution in [3.63, 3.8) is 0 Å². The van der Waals surface area contributed by atoms with Gasteiger partial charge in [-0.3, -0.25) is 4.72 Å². The van der Waals surface area contributed by atoms with Gasteiger partial charge in [-0.15, -0.1) is 0 Å². The maximum Gasteiger partial charge on any atom is 0.262 e. The molecule has 0 aromatic heterocycles. The van der Waals surface area contributed by atoms with Gasteiger partial charge in [0.25, 0.3) is 10.0 Å². The van der Waals surface area contributed by atoms with Gasteiger partial charge in [0.05, 0.1) is 16.9 Å². The van der Waals surface area contributed by atoms with E-state index in [2.05, 4.69) is 4.72 Å². The number of benzene rings is 2. The first-order chi connectivity index (χ1) is 12.7. The summed E-state index contributed by atoms with van der Waals surface area (Å²) in [5.74, 6) is -0.863. The van der Waals surface area contributed by atoms with Crippen LogP contribution in [0, 0.1) is 5.82 Å². The first-order valence-electron chi connectivity index (χ1n) is 8.20. The number of anilines is 1. The van der Waals surface area contributed by atoms with Gasteiger partial charge in [0.2, 0.25) is 10.0 Å². The van der Waals surface area contributed by atoms with E-state index in [0.29, 0.717) is 13.1 Å². The summed E-state index contributed by atoms with van der Waals surface area (Å²) >= 11 is 0. The van der Waals surface area contributed by atoms with Crippen LogP contribution in [0.5, 0.6) is 5.75 Å². The molecule has 1 N–H and O–H groups in total. The Morgan fingerprint density at radius 3 is 2.11 bits per heavy atom. The average molecular weight is 414 g/mol. The molecule has 0 amide bonds. The highest BCUT2D eigenvalue weighted by atomic mass is 32.2. The highest BCUT2D eigenvalue weighted by Gasteiger charge is 2.27. The number of ether oxygens (including phenoxy) is 1. The van der Waals surface area contributed by atoms with Gasteiger partial charge in [-0.2, -0.15) is 4.31 Å². The number of hydrogen-bond donors (Lipinski definition) is 1. The van der Waals surface area contributed by atoms with E-state index in [-0.39, 0.29) is 21.2 Å². The van der Waals surface area contributed by atoms with Gasteiger partial charge in [-0.1, -0.05) is 0 Å². The van der Waals surface area contributed by atoms with E-state index in [4.69, 9.17) is 4.74 Å². The van der Waals surface area contributed by atoms with Crippen molar-refractivity contribution >= 4 is 25.7 Å². The fourth-order valence-corrected chi connectivity index (χ4v) is 5.39. The van der Waals surface area contributed by atoms with Crippen molar-refractivity contribution in [2.24, 2.45) is 0 Å². The average Bonchev–Trinajstić information content (AvgIpc) is 3.17. The van der Waals surface area contributed by atoms with E-state index in [0.717, 1.165) is 18.9 Å². The third-order valence-electron chi connectivity index (χ3n) is 4.24. The third kappa shape index (κ3) is 4.07. The molecule has 0 aliphatic carbocycles. The number of nitrogens with zero attached hydrogens (tertiary/aromatic N) is 1. The Kier molecular flexibility index (Phi) is 5.41. The van der Waals surface area contributed by atoms with Gasteiger partial charge in [0.1, 0.15) is 0 Å². The second-order valence-electron chi connectivity index (χ2n) is 6.04. The van der Waals surface area contributed by atoms with Crippen LogP contribution in [-0.4, -0.2) is 41.3 Å². The SMILES string of the molecule is COc1ccc(S(=O)(=O)Nc2ccc(S(=O)(=O)N3CCCC3)cc2)cc1F. The zero-order chi connectivity index (χ0) is 19.7. The summed E-state index contributed by atoms with van der Waals surface area (Å²) in [4.78, 5) is -0.169. The van der Waals surface area contributed by atoms with E-state index in [1.165, 1.54) is 47.8 Å². The molecule has 0 bridgehead atoms. The zero-order valence-corrected chi connectivity index (χ0v) is 16.2. The lowest BCUT2D eigenvalue weighted by Crippen LogP contribution is -2.27. The molecule has 0 atom stereocenters. The fraction of sp³-hybridized carbons (Fsp3) is 0.294. The molecular weight excluding hydrogens is 395 g/mol. The first kappa shape index (κ1) is 19.6. The van der Waals surface area contributed by atoms with Gasteiger partial charge in [0.15, 0.2) is 11.6 Å². The molecule has 0 unspecified atom stereocenters. The summed E-state index contributed by atoms with van der Waals surface area (Å²) in [6.45, 7) is 0.972. The number of halogens is 1. The lowest BCUT2D eigenvalue weighted by molar-refractivity contribution is 0.385. The van der Waals surface area contributed by atoms with Crippen LogP contribution in [0.1, 0.15) is 12.8 Å². The summed E-state index contributed by atoms with van der Waals surface area (Å²) < 4.78 is 72.0. The molecule has 1 saturated heterocycles. The van der Waals surface area contributed by atoms with Gasteiger partial charge in [0, 0.05) is 18.8 Å². The highest BCUT2D eigenvalue weighted by Crippen LogP contribution is 2.25. The molecule has 2 aromatic rings. The molecule has 1 fully saturated rings. The summed E-state index contributed by atoms with van der Waals surface area (Å²) in [6, 6.07) is 8.71. The summed E-state index contributed by atoms with van der Waals surface area (Å²) in [6.07, 6.45) is 1.66. The molecule has 1 aliphatic rings. The van der Waals surface area contributed by atoms with Gasteiger partial charge >= 0.3 is 0 Å². The van der Waals surface area contributed by atoms with Crippen molar-refractivity contribution in [2.45, 2.75) is 22.6 Å². The molecule has 1 aliphatic heterocycles. The fourth-order valence-electron chi connectivity index (χ4n) is 2.80. The van der Waals surface area contributed by atoms with Crippen LogP contribution in [0.2, 0.25) is 0 Å². The number of methoxy groups -OCH3 is 1. The van der Waals surface area contributed by atoms with Gasteiger partial charge < -0.3 is 4.74 Å². The molecule has 0 radical (unpaired) electrons. The van der Waals surface area contributed by atoms with Crippen molar-refractivity contribution < 1.29 is 26.0 Å². The minimum absolute atomic E-state index is 0.0644. The molecule has 3 rings (SSSR count). The van der Waals surface area contributed by atoms with Crippen molar-refractivity contribution in [1.82, 2.24) is 4.31 Å². The monoisotopic (exact) mass is 414 g/mol. The smallest absolute Gasteiger partial charge is 0.262 e. The van der Waals surface area contributed by atoms with Crippen LogP contribution in [0.3, 0.4) is 0 Å². The quantitative estimate of drug-likeness (QED) is 0.784. The lowest BCUT2D eigenvalue weighted by atomic mass is 10.3. The molecule has 146 valence electrons. The van der Waals surface area contributed by atoms with E-state index >= 15 is 0 Å². The van der Waals surface area contributed by atoms with Crippen molar-refractivity contribution in [1.29, 1.82) is 0 Å². The van der Waals surface area contributed by atoms with E-state index in [1.807, 2.05) is 0 Å². The molecule has 27 heavy (non-hydrogen) atoms. The minimum atomic E-state index is -4.03. The Hall–Kier alpha value is -2.17. The predicted octanol–water partition coefficient (Wildman–Crippen LogP) is 2.42. The summed E-state index contributed by atoms with van der Waals surface area (Å²) in [5.41, 5.74) is 0.173. The first-order valence-corrected chi connectivity index (χ1v) is 11.1. The molecule has 7 nitrogen and oxygen atoms in total. The van der Waals surface area contributed by atoms with Crippen molar-refractivity contribution in [2.75, 3.05) is 24.9 Å². The predicted molar refractivity (Wildman–Crippen MR) is 98.2 cm³/mol. The maximum atomic E-state index is 13.8. The maximum absolute atomic E-state index is 13.8. The van der Waals surface area contributed by atoms with Gasteiger partial charge in [-0.25, -0.2) is 21.2 Å². The molecule has 10 heteroatoms. The van der Waals surface area contributed by atoms with E-state index < -0.39 is 25.9 Å². The molecule has 0 spiro atoms. The minimum Gasteiger partial charge on any atom is -0.494 e. The van der Waals surface area contributed by atoms with Crippen LogP contribution >= 0.6 is 0 Å². The second kappa shape index (κ2) is 7.45. The van der Waals surface area contributed by atoms with Crippen LogP contribution in [0.4, 0.5) is 10.1 Å². The number of nitrogens with one attached hydrogen (secondary N) is 1. The normalized spacial score (nSPS) is 15.6. The van der Waals surface area contributed by atoms with Crippen LogP contribution in [0.15, 0.2) is 52.3 Å². The Morgan fingerprint density at radius 1 is 0.963 bits per heavy atom. The van der Waals surface area contributed by atoms with Crippen molar-refractivity contribution in [3.05, 3.63) is 48.3 Å². The number of sulfonamides is 2. The Labute approximate surface area is 157 Å². The number of rotatable bonds is 6. The Balaban J connectivity index is 1.80. The molecule has 0 saturated carbocycles. The summed E-state index contributed by atoms with van der Waals surface area (Å²) in [7, 11) is -6.32. The van der Waals surface area contributed by atoms with Crippen LogP contribution in [0.25, 0.3) is 0 Å².